The molecule has 1 saturated heterocycles. The van der Waals surface area contributed by atoms with Gasteiger partial charge in [0.2, 0.25) is 0 Å². The van der Waals surface area contributed by atoms with Gasteiger partial charge in [0.25, 0.3) is 5.91 Å². The summed E-state index contributed by atoms with van der Waals surface area (Å²) in [5.41, 5.74) is -0.157. The number of carbonyl (C=O) groups is 1. The number of phenols is 2. The summed E-state index contributed by atoms with van der Waals surface area (Å²) < 4.78 is 0. The Kier molecular flexibility index (Phi) is 3.43. The standard InChI is InChI=1S/C13H18N2O3/c1-13(5-7-14-8-6-13)15-12(18)9-3-2-4-10(16)11(9)17/h2-4,14,16-17H,5-8H2,1H3,(H,15,18). The normalized spacial score (nSPS) is 18.3. The molecule has 0 radical (unpaired) electrons. The van der Waals surface area contributed by atoms with Crippen molar-refractivity contribution in [2.24, 2.45) is 0 Å². The Morgan fingerprint density at radius 2 is 2.00 bits per heavy atom. The number of hydrogen-bond acceptors (Lipinski definition) is 4. The fourth-order valence-corrected chi connectivity index (χ4v) is 2.16. The van der Waals surface area contributed by atoms with E-state index in [1.54, 1.807) is 0 Å². The fourth-order valence-electron chi connectivity index (χ4n) is 2.16. The monoisotopic (exact) mass is 250 g/mol. The van der Waals surface area contributed by atoms with Crippen molar-refractivity contribution in [3.8, 4) is 11.5 Å². The highest BCUT2D eigenvalue weighted by atomic mass is 16.3. The third-order valence-corrected chi connectivity index (χ3v) is 3.38. The average Bonchev–Trinajstić information content (AvgIpc) is 2.33. The Labute approximate surface area is 106 Å². The quantitative estimate of drug-likeness (QED) is 0.590. The summed E-state index contributed by atoms with van der Waals surface area (Å²) in [6, 6.07) is 4.38. The number of phenolic OH excluding ortho intramolecular Hbond substituents is 2. The van der Waals surface area contributed by atoms with Crippen molar-refractivity contribution >= 4 is 5.91 Å². The average molecular weight is 250 g/mol. The van der Waals surface area contributed by atoms with Gasteiger partial charge in [-0.05, 0) is 45.0 Å². The molecule has 0 aliphatic carbocycles. The van der Waals surface area contributed by atoms with Crippen LogP contribution < -0.4 is 10.6 Å². The molecule has 5 heteroatoms. The first-order chi connectivity index (χ1) is 8.52. The number of amides is 1. The first kappa shape index (κ1) is 12.7. The lowest BCUT2D eigenvalue weighted by molar-refractivity contribution is 0.0884. The van der Waals surface area contributed by atoms with Crippen LogP contribution in [0.15, 0.2) is 18.2 Å². The highest BCUT2D eigenvalue weighted by Crippen LogP contribution is 2.29. The number of aromatic hydroxyl groups is 2. The van der Waals surface area contributed by atoms with Gasteiger partial charge in [-0.3, -0.25) is 4.79 Å². The Hall–Kier alpha value is -1.75. The lowest BCUT2D eigenvalue weighted by Crippen LogP contribution is -2.52. The third-order valence-electron chi connectivity index (χ3n) is 3.38. The molecule has 0 saturated carbocycles. The van der Waals surface area contributed by atoms with Crippen LogP contribution in [-0.2, 0) is 0 Å². The van der Waals surface area contributed by atoms with Gasteiger partial charge in [-0.1, -0.05) is 6.07 Å². The van der Waals surface area contributed by atoms with Crippen molar-refractivity contribution in [3.63, 3.8) is 0 Å². The molecule has 0 aromatic heterocycles. The van der Waals surface area contributed by atoms with E-state index in [0.29, 0.717) is 0 Å². The molecule has 0 spiro atoms. The van der Waals surface area contributed by atoms with Crippen molar-refractivity contribution in [1.82, 2.24) is 10.6 Å². The molecule has 1 fully saturated rings. The van der Waals surface area contributed by atoms with Gasteiger partial charge in [0.05, 0.1) is 5.56 Å². The van der Waals surface area contributed by atoms with Gasteiger partial charge in [-0.25, -0.2) is 0 Å². The van der Waals surface area contributed by atoms with E-state index in [1.807, 2.05) is 6.92 Å². The Bertz CT molecular complexity index is 454. The van der Waals surface area contributed by atoms with Gasteiger partial charge in [0, 0.05) is 5.54 Å². The lowest BCUT2D eigenvalue weighted by Gasteiger charge is -2.35. The number of para-hydroxylation sites is 1. The molecule has 18 heavy (non-hydrogen) atoms. The lowest BCUT2D eigenvalue weighted by atomic mass is 9.90. The minimum Gasteiger partial charge on any atom is -0.504 e. The molecule has 1 aromatic carbocycles. The van der Waals surface area contributed by atoms with E-state index in [9.17, 15) is 15.0 Å². The van der Waals surface area contributed by atoms with Gasteiger partial charge >= 0.3 is 0 Å². The van der Waals surface area contributed by atoms with Crippen molar-refractivity contribution in [2.75, 3.05) is 13.1 Å². The highest BCUT2D eigenvalue weighted by Gasteiger charge is 2.29. The largest absolute Gasteiger partial charge is 0.504 e. The second-order valence-corrected chi connectivity index (χ2v) is 4.94. The van der Waals surface area contributed by atoms with Gasteiger partial charge < -0.3 is 20.8 Å². The van der Waals surface area contributed by atoms with Crippen LogP contribution in [0, 0.1) is 0 Å². The molecule has 0 unspecified atom stereocenters. The van der Waals surface area contributed by atoms with E-state index >= 15 is 0 Å². The predicted molar refractivity (Wildman–Crippen MR) is 67.7 cm³/mol. The van der Waals surface area contributed by atoms with Crippen LogP contribution in [0.25, 0.3) is 0 Å². The van der Waals surface area contributed by atoms with Gasteiger partial charge in [0.1, 0.15) is 0 Å². The smallest absolute Gasteiger partial charge is 0.255 e. The van der Waals surface area contributed by atoms with Crippen LogP contribution >= 0.6 is 0 Å². The third kappa shape index (κ3) is 2.56. The van der Waals surface area contributed by atoms with Crippen molar-refractivity contribution in [3.05, 3.63) is 23.8 Å². The van der Waals surface area contributed by atoms with Gasteiger partial charge in [-0.15, -0.1) is 0 Å². The number of nitrogens with one attached hydrogen (secondary N) is 2. The Morgan fingerprint density at radius 1 is 1.33 bits per heavy atom. The van der Waals surface area contributed by atoms with Crippen LogP contribution in [-0.4, -0.2) is 34.7 Å². The van der Waals surface area contributed by atoms with Crippen molar-refractivity contribution in [1.29, 1.82) is 0 Å². The minimum atomic E-state index is -0.368. The molecule has 1 amide bonds. The molecular formula is C13H18N2O3. The molecule has 5 nitrogen and oxygen atoms in total. The number of rotatable bonds is 2. The van der Waals surface area contributed by atoms with E-state index in [4.69, 9.17) is 0 Å². The zero-order valence-corrected chi connectivity index (χ0v) is 10.4. The van der Waals surface area contributed by atoms with Crippen LogP contribution in [0.5, 0.6) is 11.5 Å². The molecular weight excluding hydrogens is 232 g/mol. The van der Waals surface area contributed by atoms with Crippen LogP contribution in [0.1, 0.15) is 30.1 Å². The first-order valence-corrected chi connectivity index (χ1v) is 6.06. The zero-order chi connectivity index (χ0) is 13.2. The predicted octanol–water partition coefficient (Wildman–Crippen LogP) is 0.970. The molecule has 1 heterocycles. The summed E-state index contributed by atoms with van der Waals surface area (Å²) in [7, 11) is 0. The molecule has 0 atom stereocenters. The second kappa shape index (κ2) is 4.86. The van der Waals surface area contributed by atoms with Crippen molar-refractivity contribution in [2.45, 2.75) is 25.3 Å². The summed E-state index contributed by atoms with van der Waals surface area (Å²) in [6.45, 7) is 3.72. The Balaban J connectivity index is 2.14. The summed E-state index contributed by atoms with van der Waals surface area (Å²) >= 11 is 0. The first-order valence-electron chi connectivity index (χ1n) is 6.06. The molecule has 4 N–H and O–H groups in total. The van der Waals surface area contributed by atoms with Gasteiger partial charge in [-0.2, -0.15) is 0 Å². The summed E-state index contributed by atoms with van der Waals surface area (Å²) in [5.74, 6) is -1.00. The maximum atomic E-state index is 12.1. The number of benzene rings is 1. The fraction of sp³-hybridized carbons (Fsp3) is 0.462. The number of piperidine rings is 1. The molecule has 1 aromatic rings. The van der Waals surface area contributed by atoms with Crippen molar-refractivity contribution < 1.29 is 15.0 Å². The topological polar surface area (TPSA) is 81.6 Å². The summed E-state index contributed by atoms with van der Waals surface area (Å²) in [4.78, 5) is 12.1. The molecule has 2 rings (SSSR count). The Morgan fingerprint density at radius 3 is 2.67 bits per heavy atom. The maximum absolute atomic E-state index is 12.1. The van der Waals surface area contributed by atoms with E-state index in [2.05, 4.69) is 10.6 Å². The van der Waals surface area contributed by atoms with E-state index in [0.717, 1.165) is 25.9 Å². The van der Waals surface area contributed by atoms with E-state index in [1.165, 1.54) is 18.2 Å². The van der Waals surface area contributed by atoms with Crippen LogP contribution in [0.2, 0.25) is 0 Å². The van der Waals surface area contributed by atoms with E-state index < -0.39 is 0 Å². The molecule has 1 aliphatic heterocycles. The summed E-state index contributed by atoms with van der Waals surface area (Å²) in [5, 5.41) is 25.2. The zero-order valence-electron chi connectivity index (χ0n) is 10.4. The molecule has 1 aliphatic rings. The van der Waals surface area contributed by atoms with Crippen LogP contribution in [0.3, 0.4) is 0 Å². The summed E-state index contributed by atoms with van der Waals surface area (Å²) in [6.07, 6.45) is 1.69. The minimum absolute atomic E-state index is 0.106. The highest BCUT2D eigenvalue weighted by molar-refractivity contribution is 5.98. The van der Waals surface area contributed by atoms with E-state index in [-0.39, 0.29) is 28.5 Å². The van der Waals surface area contributed by atoms with Gasteiger partial charge in [0.15, 0.2) is 11.5 Å². The number of carbonyl (C=O) groups excluding carboxylic acids is 1. The molecule has 0 bridgehead atoms. The molecule has 98 valence electrons. The number of hydrogen-bond donors (Lipinski definition) is 4. The SMILES string of the molecule is CC1(NC(=O)c2cccc(O)c2O)CCNCC1. The van der Waals surface area contributed by atoms with Crippen LogP contribution in [0.4, 0.5) is 0 Å². The maximum Gasteiger partial charge on any atom is 0.255 e. The second-order valence-electron chi connectivity index (χ2n) is 4.94.